The maximum atomic E-state index is 9.98. The van der Waals surface area contributed by atoms with E-state index in [4.69, 9.17) is 10.2 Å². The highest BCUT2D eigenvalue weighted by Gasteiger charge is 2.01. The van der Waals surface area contributed by atoms with Crippen LogP contribution in [-0.4, -0.2) is 34.9 Å². The summed E-state index contributed by atoms with van der Waals surface area (Å²) in [4.78, 5) is 19.4. The maximum absolute atomic E-state index is 9.98. The first-order valence-electron chi connectivity index (χ1n) is 3.96. The zero-order chi connectivity index (χ0) is 10.9. The van der Waals surface area contributed by atoms with Crippen molar-refractivity contribution in [1.82, 2.24) is 0 Å². The van der Waals surface area contributed by atoms with Crippen LogP contribution in [0.4, 0.5) is 0 Å². The van der Waals surface area contributed by atoms with E-state index < -0.39 is 12.1 Å². The summed E-state index contributed by atoms with van der Waals surface area (Å²) in [6.07, 6.45) is -0.329. The first kappa shape index (κ1) is 14.4. The predicted molar refractivity (Wildman–Crippen MR) is 46.2 cm³/mol. The van der Waals surface area contributed by atoms with Crippen molar-refractivity contribution in [2.24, 2.45) is 0 Å². The standard InChI is InChI=1S/C5H10O2.C3H6O3/c1-3-4-7-5(2)6;1-2(4)3(5)6/h3-4H2,1-2H3;2,4H,1H3,(H,5,6). The molecule has 0 fully saturated rings. The lowest BCUT2D eigenvalue weighted by Gasteiger charge is -1.93. The van der Waals surface area contributed by atoms with Crippen molar-refractivity contribution < 1.29 is 24.5 Å². The predicted octanol–water partition coefficient (Wildman–Crippen LogP) is 0.411. The highest BCUT2D eigenvalue weighted by molar-refractivity contribution is 5.71. The van der Waals surface area contributed by atoms with Crippen LogP contribution in [0.15, 0.2) is 0 Å². The molecule has 0 saturated heterocycles. The molecule has 0 saturated carbocycles. The van der Waals surface area contributed by atoms with E-state index in [-0.39, 0.29) is 5.97 Å². The highest BCUT2D eigenvalue weighted by Crippen LogP contribution is 1.78. The maximum Gasteiger partial charge on any atom is 0.332 e. The van der Waals surface area contributed by atoms with Gasteiger partial charge in [-0.25, -0.2) is 4.79 Å². The number of aliphatic hydroxyl groups excluding tert-OH is 1. The van der Waals surface area contributed by atoms with Gasteiger partial charge in [0.05, 0.1) is 6.61 Å². The number of hydrogen-bond donors (Lipinski definition) is 2. The molecule has 0 rings (SSSR count). The van der Waals surface area contributed by atoms with Crippen LogP contribution in [0.2, 0.25) is 0 Å². The fraction of sp³-hybridized carbons (Fsp3) is 0.750. The van der Waals surface area contributed by atoms with E-state index in [9.17, 15) is 9.59 Å². The molecule has 2 N–H and O–H groups in total. The number of carboxylic acid groups (broad SMARTS) is 1. The molecule has 0 bridgehead atoms. The van der Waals surface area contributed by atoms with Gasteiger partial charge in [0.2, 0.25) is 0 Å². The summed E-state index contributed by atoms with van der Waals surface area (Å²) in [6, 6.07) is 0. The third-order valence-corrected chi connectivity index (χ3v) is 0.867. The fourth-order valence-corrected chi connectivity index (χ4v) is 0.246. The van der Waals surface area contributed by atoms with Gasteiger partial charge in [0, 0.05) is 6.92 Å². The summed E-state index contributed by atoms with van der Waals surface area (Å²) in [6.45, 7) is 5.12. The molecule has 0 aliphatic carbocycles. The molecule has 0 radical (unpaired) electrons. The van der Waals surface area contributed by atoms with Gasteiger partial charge >= 0.3 is 11.9 Å². The fourth-order valence-electron chi connectivity index (χ4n) is 0.246. The topological polar surface area (TPSA) is 83.8 Å². The van der Waals surface area contributed by atoms with Gasteiger partial charge in [-0.05, 0) is 13.3 Å². The molecule has 0 amide bonds. The SMILES string of the molecule is CC(O)C(=O)O.CCCOC(C)=O. The number of hydrogen-bond acceptors (Lipinski definition) is 4. The van der Waals surface area contributed by atoms with Crippen LogP contribution in [0, 0.1) is 0 Å². The minimum atomic E-state index is -1.23. The Morgan fingerprint density at radius 2 is 1.85 bits per heavy atom. The summed E-state index contributed by atoms with van der Waals surface area (Å²) >= 11 is 0. The van der Waals surface area contributed by atoms with Crippen molar-refractivity contribution in [3.05, 3.63) is 0 Å². The Balaban J connectivity index is 0. The molecule has 13 heavy (non-hydrogen) atoms. The highest BCUT2D eigenvalue weighted by atomic mass is 16.5. The summed E-state index contributed by atoms with van der Waals surface area (Å²) in [5, 5.41) is 15.8. The summed E-state index contributed by atoms with van der Waals surface area (Å²) in [5.74, 6) is -1.38. The second kappa shape index (κ2) is 8.99. The molecule has 0 heterocycles. The molecule has 1 atom stereocenters. The van der Waals surface area contributed by atoms with Crippen LogP contribution in [0.3, 0.4) is 0 Å². The molecular formula is C8H16O5. The zero-order valence-electron chi connectivity index (χ0n) is 8.11. The second-order valence-electron chi connectivity index (χ2n) is 2.35. The third-order valence-electron chi connectivity index (χ3n) is 0.867. The molecule has 0 aliphatic heterocycles. The lowest BCUT2D eigenvalue weighted by Crippen LogP contribution is -2.13. The van der Waals surface area contributed by atoms with E-state index in [1.54, 1.807) is 0 Å². The molecule has 0 aliphatic rings. The van der Waals surface area contributed by atoms with Gasteiger partial charge in [-0.3, -0.25) is 4.79 Å². The van der Waals surface area contributed by atoms with Crippen LogP contribution in [0.1, 0.15) is 27.2 Å². The van der Waals surface area contributed by atoms with Crippen molar-refractivity contribution in [1.29, 1.82) is 0 Å². The number of carboxylic acids is 1. The Bertz CT molecular complexity index is 153. The Kier molecular flexibility index (Phi) is 9.98. The molecular weight excluding hydrogens is 176 g/mol. The first-order chi connectivity index (χ1) is 5.91. The molecule has 5 heteroatoms. The van der Waals surface area contributed by atoms with E-state index in [2.05, 4.69) is 4.74 Å². The molecule has 0 aromatic carbocycles. The van der Waals surface area contributed by atoms with Gasteiger partial charge in [0.15, 0.2) is 0 Å². The largest absolute Gasteiger partial charge is 0.479 e. The lowest BCUT2D eigenvalue weighted by atomic mass is 10.4. The molecule has 78 valence electrons. The minimum absolute atomic E-state index is 0.193. The monoisotopic (exact) mass is 192 g/mol. The Morgan fingerprint density at radius 3 is 1.92 bits per heavy atom. The van der Waals surface area contributed by atoms with Crippen LogP contribution >= 0.6 is 0 Å². The van der Waals surface area contributed by atoms with Crippen molar-refractivity contribution in [2.45, 2.75) is 33.3 Å². The average Bonchev–Trinajstić information content (AvgIpc) is 2.01. The minimum Gasteiger partial charge on any atom is -0.479 e. The third kappa shape index (κ3) is 18.1. The first-order valence-corrected chi connectivity index (χ1v) is 3.96. The van der Waals surface area contributed by atoms with Crippen molar-refractivity contribution in [3.8, 4) is 0 Å². The number of carbonyl (C=O) groups is 2. The van der Waals surface area contributed by atoms with Gasteiger partial charge in [-0.2, -0.15) is 0 Å². The lowest BCUT2D eigenvalue weighted by molar-refractivity contribution is -0.145. The number of ether oxygens (including phenoxy) is 1. The van der Waals surface area contributed by atoms with Crippen LogP contribution in [0.5, 0.6) is 0 Å². The van der Waals surface area contributed by atoms with Gasteiger partial charge in [-0.1, -0.05) is 6.92 Å². The Morgan fingerprint density at radius 1 is 1.46 bits per heavy atom. The van der Waals surface area contributed by atoms with E-state index >= 15 is 0 Å². The van der Waals surface area contributed by atoms with Crippen LogP contribution < -0.4 is 0 Å². The van der Waals surface area contributed by atoms with E-state index in [0.29, 0.717) is 6.61 Å². The smallest absolute Gasteiger partial charge is 0.332 e. The number of aliphatic hydroxyl groups is 1. The summed E-state index contributed by atoms with van der Waals surface area (Å²) < 4.78 is 4.55. The van der Waals surface area contributed by atoms with Crippen molar-refractivity contribution in [3.63, 3.8) is 0 Å². The van der Waals surface area contributed by atoms with E-state index in [1.807, 2.05) is 6.92 Å². The number of aliphatic carboxylic acids is 1. The second-order valence-corrected chi connectivity index (χ2v) is 2.35. The zero-order valence-corrected chi connectivity index (χ0v) is 8.11. The van der Waals surface area contributed by atoms with Gasteiger partial charge in [0.25, 0.3) is 0 Å². The molecule has 5 nitrogen and oxygen atoms in total. The quantitative estimate of drug-likeness (QED) is 0.633. The molecule has 0 spiro atoms. The number of carbonyl (C=O) groups excluding carboxylic acids is 1. The van der Waals surface area contributed by atoms with E-state index in [0.717, 1.165) is 6.42 Å². The average molecular weight is 192 g/mol. The van der Waals surface area contributed by atoms with Crippen LogP contribution in [0.25, 0.3) is 0 Å². The molecule has 0 aromatic rings. The Labute approximate surface area is 77.3 Å². The Hall–Kier alpha value is -1.10. The van der Waals surface area contributed by atoms with Crippen molar-refractivity contribution >= 4 is 11.9 Å². The summed E-state index contributed by atoms with van der Waals surface area (Å²) in [5.41, 5.74) is 0. The normalized spacial score (nSPS) is 10.8. The van der Waals surface area contributed by atoms with Crippen LogP contribution in [-0.2, 0) is 14.3 Å². The number of esters is 1. The number of rotatable bonds is 3. The van der Waals surface area contributed by atoms with Gasteiger partial charge in [0.1, 0.15) is 6.10 Å². The van der Waals surface area contributed by atoms with E-state index in [1.165, 1.54) is 13.8 Å². The van der Waals surface area contributed by atoms with Gasteiger partial charge in [-0.15, -0.1) is 0 Å². The summed E-state index contributed by atoms with van der Waals surface area (Å²) in [7, 11) is 0. The molecule has 1 unspecified atom stereocenters. The van der Waals surface area contributed by atoms with Crippen molar-refractivity contribution in [2.75, 3.05) is 6.61 Å². The van der Waals surface area contributed by atoms with Gasteiger partial charge < -0.3 is 14.9 Å². The molecule has 0 aromatic heterocycles.